The molecule has 5 heteroatoms. The van der Waals surface area contributed by atoms with Crippen LogP contribution in [0.15, 0.2) is 66.7 Å². The first-order valence-electron chi connectivity index (χ1n) is 8.08. The van der Waals surface area contributed by atoms with Crippen LogP contribution in [0.3, 0.4) is 0 Å². The number of aromatic nitrogens is 2. The Kier molecular flexibility index (Phi) is 5.71. The number of rotatable bonds is 3. The van der Waals surface area contributed by atoms with E-state index in [2.05, 4.69) is 48.3 Å². The van der Waals surface area contributed by atoms with Crippen molar-refractivity contribution in [3.05, 3.63) is 88.2 Å². The van der Waals surface area contributed by atoms with Crippen molar-refractivity contribution in [1.29, 1.82) is 0 Å². The molecular weight excluding hydrogens is 431 g/mol. The second-order valence-corrected chi connectivity index (χ2v) is 6.84. The van der Waals surface area contributed by atoms with Crippen molar-refractivity contribution in [2.45, 2.75) is 13.5 Å². The minimum absolute atomic E-state index is 0. The Bertz CT molecular complexity index is 1060. The molecular formula is C21H17BrCl2N2. The highest BCUT2D eigenvalue weighted by molar-refractivity contribution is 8.93. The van der Waals surface area contributed by atoms with E-state index in [9.17, 15) is 0 Å². The summed E-state index contributed by atoms with van der Waals surface area (Å²) in [6, 6.07) is 22.8. The third kappa shape index (κ3) is 3.52. The molecule has 0 fully saturated rings. The van der Waals surface area contributed by atoms with Crippen LogP contribution in [0.1, 0.15) is 11.1 Å². The minimum atomic E-state index is 0. The fraction of sp³-hybridized carbons (Fsp3) is 0.0952. The quantitative estimate of drug-likeness (QED) is 0.332. The third-order valence-corrected chi connectivity index (χ3v) is 5.04. The Morgan fingerprint density at radius 2 is 1.62 bits per heavy atom. The highest BCUT2D eigenvalue weighted by Gasteiger charge is 2.18. The molecule has 0 saturated carbocycles. The lowest BCUT2D eigenvalue weighted by molar-refractivity contribution is 0.808. The number of aryl methyl sites for hydroxylation is 1. The van der Waals surface area contributed by atoms with Crippen LogP contribution < -0.4 is 0 Å². The van der Waals surface area contributed by atoms with E-state index < -0.39 is 0 Å². The van der Waals surface area contributed by atoms with Crippen LogP contribution in [0.2, 0.25) is 10.3 Å². The number of hydrogen-bond donors (Lipinski definition) is 0. The van der Waals surface area contributed by atoms with E-state index in [4.69, 9.17) is 23.2 Å². The Morgan fingerprint density at radius 3 is 2.38 bits per heavy atom. The number of fused-ring (bicyclic) bond motifs is 1. The van der Waals surface area contributed by atoms with Gasteiger partial charge in [-0.15, -0.1) is 17.0 Å². The van der Waals surface area contributed by atoms with Crippen molar-refractivity contribution in [3.8, 4) is 11.4 Å². The van der Waals surface area contributed by atoms with Gasteiger partial charge in [0.1, 0.15) is 11.0 Å². The van der Waals surface area contributed by atoms with Gasteiger partial charge < -0.3 is 4.57 Å². The molecule has 0 radical (unpaired) electrons. The number of hydrogen-bond acceptors (Lipinski definition) is 1. The van der Waals surface area contributed by atoms with Gasteiger partial charge in [-0.1, -0.05) is 83.9 Å². The van der Waals surface area contributed by atoms with Gasteiger partial charge in [0.15, 0.2) is 5.15 Å². The molecule has 4 rings (SSSR count). The lowest BCUT2D eigenvalue weighted by Gasteiger charge is -2.12. The summed E-state index contributed by atoms with van der Waals surface area (Å²) < 4.78 is 1.97. The van der Waals surface area contributed by atoms with E-state index in [1.807, 2.05) is 34.9 Å². The standard InChI is InChI=1S/C21H16Cl2N2.BrH/c1-14-11-16-9-5-6-10-17(16)18(12-14)21-24-19(22)20(23)25(21)13-15-7-3-2-4-8-15;/h2-12H,13H2,1H3;1H. The van der Waals surface area contributed by atoms with Gasteiger partial charge in [-0.25, -0.2) is 4.98 Å². The molecule has 2 nitrogen and oxygen atoms in total. The lowest BCUT2D eigenvalue weighted by atomic mass is 10.0. The highest BCUT2D eigenvalue weighted by Crippen LogP contribution is 2.34. The fourth-order valence-electron chi connectivity index (χ4n) is 3.17. The SMILES string of the molecule is Br.Cc1cc(-c2nc(Cl)c(Cl)n2Cc2ccccc2)c2ccccc2c1. The molecule has 0 aliphatic heterocycles. The van der Waals surface area contributed by atoms with Crippen LogP contribution in [0.5, 0.6) is 0 Å². The topological polar surface area (TPSA) is 17.8 Å². The molecule has 0 saturated heterocycles. The first-order valence-corrected chi connectivity index (χ1v) is 8.84. The summed E-state index contributed by atoms with van der Waals surface area (Å²) in [6.45, 7) is 2.71. The zero-order chi connectivity index (χ0) is 17.4. The molecule has 0 aliphatic rings. The Hall–Kier alpha value is -1.81. The molecule has 0 bridgehead atoms. The number of imidazole rings is 1. The summed E-state index contributed by atoms with van der Waals surface area (Å²) in [5, 5.41) is 3.11. The van der Waals surface area contributed by atoms with Crippen molar-refractivity contribution in [2.75, 3.05) is 0 Å². The first kappa shape index (κ1) is 19.0. The summed E-state index contributed by atoms with van der Waals surface area (Å²) in [6.07, 6.45) is 0. The largest absolute Gasteiger partial charge is 0.309 e. The molecule has 4 aromatic rings. The van der Waals surface area contributed by atoms with Crippen LogP contribution in [-0.2, 0) is 6.54 Å². The summed E-state index contributed by atoms with van der Waals surface area (Å²) in [5.41, 5.74) is 3.37. The van der Waals surface area contributed by atoms with Gasteiger partial charge in [-0.3, -0.25) is 0 Å². The molecule has 3 aromatic carbocycles. The minimum Gasteiger partial charge on any atom is -0.309 e. The number of nitrogens with zero attached hydrogens (tertiary/aromatic N) is 2. The smallest absolute Gasteiger partial charge is 0.166 e. The molecule has 26 heavy (non-hydrogen) atoms. The maximum absolute atomic E-state index is 6.47. The highest BCUT2D eigenvalue weighted by atomic mass is 79.9. The molecule has 1 heterocycles. The molecule has 132 valence electrons. The normalized spacial score (nSPS) is 10.7. The van der Waals surface area contributed by atoms with Gasteiger partial charge in [0, 0.05) is 5.56 Å². The maximum Gasteiger partial charge on any atom is 0.166 e. The number of benzene rings is 3. The summed E-state index contributed by atoms with van der Waals surface area (Å²) in [4.78, 5) is 4.56. The van der Waals surface area contributed by atoms with Crippen LogP contribution >= 0.6 is 40.2 Å². The Balaban J connectivity index is 0.00000196. The summed E-state index contributed by atoms with van der Waals surface area (Å²) in [7, 11) is 0. The zero-order valence-electron chi connectivity index (χ0n) is 14.1. The van der Waals surface area contributed by atoms with Gasteiger partial charge in [0.2, 0.25) is 0 Å². The van der Waals surface area contributed by atoms with Gasteiger partial charge in [0.25, 0.3) is 0 Å². The van der Waals surface area contributed by atoms with E-state index in [1.165, 1.54) is 10.9 Å². The van der Waals surface area contributed by atoms with E-state index in [-0.39, 0.29) is 17.0 Å². The van der Waals surface area contributed by atoms with Crippen molar-refractivity contribution in [2.24, 2.45) is 0 Å². The fourth-order valence-corrected chi connectivity index (χ4v) is 3.53. The van der Waals surface area contributed by atoms with E-state index in [1.54, 1.807) is 0 Å². The second-order valence-electron chi connectivity index (χ2n) is 6.12. The monoisotopic (exact) mass is 446 g/mol. The van der Waals surface area contributed by atoms with Gasteiger partial charge in [-0.05, 0) is 34.9 Å². The molecule has 1 aromatic heterocycles. The van der Waals surface area contributed by atoms with Crippen molar-refractivity contribution < 1.29 is 0 Å². The molecule has 0 unspecified atom stereocenters. The van der Waals surface area contributed by atoms with Crippen LogP contribution in [0, 0.1) is 6.92 Å². The van der Waals surface area contributed by atoms with Gasteiger partial charge in [-0.2, -0.15) is 0 Å². The average Bonchev–Trinajstić information content (AvgIpc) is 2.90. The zero-order valence-corrected chi connectivity index (χ0v) is 17.3. The second kappa shape index (κ2) is 7.83. The van der Waals surface area contributed by atoms with Crippen LogP contribution in [0.4, 0.5) is 0 Å². The van der Waals surface area contributed by atoms with E-state index in [0.717, 1.165) is 22.3 Å². The first-order chi connectivity index (χ1) is 12.1. The number of halogens is 3. The van der Waals surface area contributed by atoms with Crippen molar-refractivity contribution >= 4 is 51.0 Å². The van der Waals surface area contributed by atoms with E-state index in [0.29, 0.717) is 16.9 Å². The third-order valence-electron chi connectivity index (χ3n) is 4.30. The van der Waals surface area contributed by atoms with E-state index >= 15 is 0 Å². The summed E-state index contributed by atoms with van der Waals surface area (Å²) >= 11 is 12.8. The van der Waals surface area contributed by atoms with Crippen LogP contribution in [0.25, 0.3) is 22.2 Å². The predicted molar refractivity (Wildman–Crippen MR) is 116 cm³/mol. The van der Waals surface area contributed by atoms with Gasteiger partial charge in [0.05, 0.1) is 6.54 Å². The molecule has 0 aliphatic carbocycles. The predicted octanol–water partition coefficient (Wildman–Crippen LogP) is 6.94. The lowest BCUT2D eigenvalue weighted by Crippen LogP contribution is -2.03. The Morgan fingerprint density at radius 1 is 0.923 bits per heavy atom. The maximum atomic E-state index is 6.47. The average molecular weight is 448 g/mol. The Labute approximate surface area is 173 Å². The molecule has 0 amide bonds. The molecule has 0 spiro atoms. The van der Waals surface area contributed by atoms with Crippen molar-refractivity contribution in [3.63, 3.8) is 0 Å². The van der Waals surface area contributed by atoms with Gasteiger partial charge >= 0.3 is 0 Å². The van der Waals surface area contributed by atoms with Crippen LogP contribution in [-0.4, -0.2) is 9.55 Å². The molecule has 0 atom stereocenters. The summed E-state index contributed by atoms with van der Waals surface area (Å²) in [5.74, 6) is 0.791. The molecule has 0 N–H and O–H groups in total. The van der Waals surface area contributed by atoms with Crippen molar-refractivity contribution in [1.82, 2.24) is 9.55 Å².